The Balaban J connectivity index is 4.57. The average molecular weight is 243 g/mol. The molecule has 0 aliphatic rings. The number of esters is 1. The molecule has 0 saturated carbocycles. The zero-order valence-electron chi connectivity index (χ0n) is 9.47. The van der Waals surface area contributed by atoms with Gasteiger partial charge >= 0.3 is 5.97 Å². The maximum Gasteiger partial charge on any atom is 0.316 e. The van der Waals surface area contributed by atoms with E-state index in [1.54, 1.807) is 19.1 Å². The van der Waals surface area contributed by atoms with E-state index < -0.39 is 11.9 Å². The summed E-state index contributed by atoms with van der Waals surface area (Å²) in [4.78, 5) is 23.3. The van der Waals surface area contributed by atoms with Crippen molar-refractivity contribution in [1.29, 1.82) is 0 Å². The molecule has 0 bridgehead atoms. The topological polar surface area (TPSA) is 69.4 Å². The van der Waals surface area contributed by atoms with Crippen LogP contribution >= 0.6 is 12.6 Å². The maximum absolute atomic E-state index is 11.4. The van der Waals surface area contributed by atoms with Crippen LogP contribution in [0.15, 0.2) is 23.3 Å². The van der Waals surface area contributed by atoms with Crippen LogP contribution in [0.1, 0.15) is 20.3 Å². The fraction of sp³-hybridized carbons (Fsp3) is 0.455. The second kappa shape index (κ2) is 7.98. The van der Waals surface area contributed by atoms with Crippen LogP contribution in [0.5, 0.6) is 0 Å². The molecule has 16 heavy (non-hydrogen) atoms. The van der Waals surface area contributed by atoms with Crippen molar-refractivity contribution in [1.82, 2.24) is 0 Å². The molecule has 2 N–H and O–H groups in total. The third-order valence-electron chi connectivity index (χ3n) is 1.87. The molecule has 0 aromatic heterocycles. The van der Waals surface area contributed by atoms with Crippen molar-refractivity contribution in [3.05, 3.63) is 23.3 Å². The number of hydrogen-bond donors (Lipinski definition) is 2. The van der Waals surface area contributed by atoms with Gasteiger partial charge in [-0.1, -0.05) is 6.08 Å². The number of allylic oxidation sites excluding steroid dienone is 3. The molecule has 90 valence electrons. The summed E-state index contributed by atoms with van der Waals surface area (Å²) in [6, 6.07) is 0. The predicted molar refractivity (Wildman–Crippen MR) is 65.8 cm³/mol. The molecular formula is C11H17NO3S. The van der Waals surface area contributed by atoms with Crippen LogP contribution in [-0.4, -0.2) is 18.4 Å². The van der Waals surface area contributed by atoms with Crippen molar-refractivity contribution in [3.8, 4) is 0 Å². The van der Waals surface area contributed by atoms with Gasteiger partial charge < -0.3 is 10.5 Å². The first-order valence-electron chi connectivity index (χ1n) is 4.96. The summed E-state index contributed by atoms with van der Waals surface area (Å²) in [7, 11) is 0. The van der Waals surface area contributed by atoms with Gasteiger partial charge in [0.15, 0.2) is 0 Å². The summed E-state index contributed by atoms with van der Waals surface area (Å²) in [5, 5.41) is 0. The number of hydrogen-bond acceptors (Lipinski definition) is 5. The molecule has 1 unspecified atom stereocenters. The monoisotopic (exact) mass is 243 g/mol. The summed E-state index contributed by atoms with van der Waals surface area (Å²) in [5.41, 5.74) is 5.16. The van der Waals surface area contributed by atoms with Crippen LogP contribution in [0, 0.1) is 5.92 Å². The minimum atomic E-state index is -0.783. The van der Waals surface area contributed by atoms with E-state index in [-0.39, 0.29) is 18.8 Å². The highest BCUT2D eigenvalue weighted by molar-refractivity contribution is 7.84. The highest BCUT2D eigenvalue weighted by atomic mass is 32.1. The molecule has 0 spiro atoms. The third kappa shape index (κ3) is 5.60. The third-order valence-corrected chi connectivity index (χ3v) is 2.21. The highest BCUT2D eigenvalue weighted by Gasteiger charge is 2.24. The van der Waals surface area contributed by atoms with Gasteiger partial charge in [0, 0.05) is 0 Å². The van der Waals surface area contributed by atoms with E-state index in [9.17, 15) is 9.59 Å². The van der Waals surface area contributed by atoms with Crippen LogP contribution < -0.4 is 5.73 Å². The summed E-state index contributed by atoms with van der Waals surface area (Å²) in [5.74, 6) is -1.52. The molecule has 0 heterocycles. The van der Waals surface area contributed by atoms with Gasteiger partial charge in [-0.2, -0.15) is 0 Å². The van der Waals surface area contributed by atoms with E-state index in [0.717, 1.165) is 0 Å². The summed E-state index contributed by atoms with van der Waals surface area (Å²) < 4.78 is 4.81. The standard InChI is InChI=1S/C11H17NO3S/c1-3-15-11(14)10(8(2)13)7-9(16)5-4-6-12/h4-6,10,16H,3,7,12H2,1-2H3/b6-4+,9-5-. The highest BCUT2D eigenvalue weighted by Crippen LogP contribution is 2.17. The second-order valence-electron chi connectivity index (χ2n) is 3.16. The lowest BCUT2D eigenvalue weighted by molar-refractivity contribution is -0.150. The lowest BCUT2D eigenvalue weighted by Crippen LogP contribution is -2.24. The van der Waals surface area contributed by atoms with E-state index in [4.69, 9.17) is 10.5 Å². The molecule has 5 heteroatoms. The van der Waals surface area contributed by atoms with E-state index in [1.807, 2.05) is 0 Å². The molecule has 0 aromatic rings. The molecule has 1 atom stereocenters. The van der Waals surface area contributed by atoms with Crippen LogP contribution in [0.2, 0.25) is 0 Å². The molecule has 4 nitrogen and oxygen atoms in total. The van der Waals surface area contributed by atoms with Crippen LogP contribution in [0.3, 0.4) is 0 Å². The van der Waals surface area contributed by atoms with E-state index in [0.29, 0.717) is 4.91 Å². The molecule has 0 radical (unpaired) electrons. The van der Waals surface area contributed by atoms with Gasteiger partial charge in [-0.05, 0) is 37.4 Å². The van der Waals surface area contributed by atoms with Crippen molar-refractivity contribution < 1.29 is 14.3 Å². The number of carbonyl (C=O) groups is 2. The maximum atomic E-state index is 11.4. The number of ketones is 1. The van der Waals surface area contributed by atoms with Gasteiger partial charge in [0.2, 0.25) is 0 Å². The molecule has 0 amide bonds. The Morgan fingerprint density at radius 2 is 2.12 bits per heavy atom. The van der Waals surface area contributed by atoms with Crippen molar-refractivity contribution in [2.75, 3.05) is 6.61 Å². The SMILES string of the molecule is CCOC(=O)C(C/C(S)=C/C=C/N)C(C)=O. The fourth-order valence-electron chi connectivity index (χ4n) is 1.08. The Labute approximate surface area is 101 Å². The normalized spacial score (nSPS) is 13.8. The van der Waals surface area contributed by atoms with Crippen LogP contribution in [0.25, 0.3) is 0 Å². The number of nitrogens with two attached hydrogens (primary N) is 1. The largest absolute Gasteiger partial charge is 0.465 e. The number of rotatable bonds is 6. The summed E-state index contributed by atoms with van der Waals surface area (Å²) in [6.45, 7) is 3.32. The number of ether oxygens (including phenoxy) is 1. The van der Waals surface area contributed by atoms with Gasteiger partial charge in [-0.3, -0.25) is 9.59 Å². The second-order valence-corrected chi connectivity index (χ2v) is 3.74. The lowest BCUT2D eigenvalue weighted by atomic mass is 10.0. The lowest BCUT2D eigenvalue weighted by Gasteiger charge is -2.11. The predicted octanol–water partition coefficient (Wildman–Crippen LogP) is 1.43. The molecule has 0 aromatic carbocycles. The van der Waals surface area contributed by atoms with Crippen molar-refractivity contribution in [3.63, 3.8) is 0 Å². The van der Waals surface area contributed by atoms with Gasteiger partial charge in [0.1, 0.15) is 11.7 Å². The number of Topliss-reactive ketones (excluding diaryl/α,β-unsaturated/α-hetero) is 1. The summed E-state index contributed by atoms with van der Waals surface area (Å²) >= 11 is 4.16. The van der Waals surface area contributed by atoms with Crippen molar-refractivity contribution >= 4 is 24.4 Å². The first-order chi connectivity index (χ1) is 7.52. The zero-order chi connectivity index (χ0) is 12.6. The first kappa shape index (κ1) is 14.8. The molecule has 0 saturated heterocycles. The Morgan fingerprint density at radius 3 is 2.56 bits per heavy atom. The van der Waals surface area contributed by atoms with E-state index >= 15 is 0 Å². The average Bonchev–Trinajstić information content (AvgIpc) is 2.22. The van der Waals surface area contributed by atoms with Gasteiger partial charge in [-0.25, -0.2) is 0 Å². The van der Waals surface area contributed by atoms with Gasteiger partial charge in [0.25, 0.3) is 0 Å². The van der Waals surface area contributed by atoms with Crippen LogP contribution in [0.4, 0.5) is 0 Å². The minimum Gasteiger partial charge on any atom is -0.465 e. The van der Waals surface area contributed by atoms with Crippen LogP contribution in [-0.2, 0) is 14.3 Å². The molecule has 0 rings (SSSR count). The zero-order valence-corrected chi connectivity index (χ0v) is 10.4. The molecular weight excluding hydrogens is 226 g/mol. The van der Waals surface area contributed by atoms with Gasteiger partial charge in [0.05, 0.1) is 6.61 Å². The van der Waals surface area contributed by atoms with Crippen molar-refractivity contribution in [2.45, 2.75) is 20.3 Å². The summed E-state index contributed by atoms with van der Waals surface area (Å²) in [6.07, 6.45) is 4.81. The minimum absolute atomic E-state index is 0.227. The molecule has 0 fully saturated rings. The van der Waals surface area contributed by atoms with Crippen molar-refractivity contribution in [2.24, 2.45) is 11.7 Å². The Kier molecular flexibility index (Phi) is 7.37. The number of thiol groups is 1. The molecule has 0 aliphatic heterocycles. The van der Waals surface area contributed by atoms with E-state index in [1.165, 1.54) is 13.1 Å². The quantitative estimate of drug-likeness (QED) is 0.320. The smallest absolute Gasteiger partial charge is 0.316 e. The number of carbonyl (C=O) groups excluding carboxylic acids is 2. The first-order valence-corrected chi connectivity index (χ1v) is 5.41. The van der Waals surface area contributed by atoms with Gasteiger partial charge in [-0.15, -0.1) is 12.6 Å². The Morgan fingerprint density at radius 1 is 1.50 bits per heavy atom. The van der Waals surface area contributed by atoms with E-state index in [2.05, 4.69) is 12.6 Å². The molecule has 0 aliphatic carbocycles. The fourth-order valence-corrected chi connectivity index (χ4v) is 1.35. The Hall–Kier alpha value is -1.23. The Bertz CT molecular complexity index is 310.